The number of ether oxygens (including phenoxy) is 1. The monoisotopic (exact) mass is 382 g/mol. The molecular formula is C18H14F4N2O3. The number of halogens is 4. The fourth-order valence-corrected chi connectivity index (χ4v) is 2.77. The molecule has 0 aliphatic rings. The summed E-state index contributed by atoms with van der Waals surface area (Å²) >= 11 is 0. The predicted octanol–water partition coefficient (Wildman–Crippen LogP) is 3.49. The Hall–Kier alpha value is -3.10. The van der Waals surface area contributed by atoms with Gasteiger partial charge in [0.1, 0.15) is 17.9 Å². The molecule has 0 aliphatic carbocycles. The smallest absolute Gasteiger partial charge is 0.419 e. The van der Waals surface area contributed by atoms with E-state index in [9.17, 15) is 27.2 Å². The van der Waals surface area contributed by atoms with Gasteiger partial charge in [-0.1, -0.05) is 6.07 Å². The van der Waals surface area contributed by atoms with Gasteiger partial charge in [-0.15, -0.1) is 0 Å². The number of aromatic nitrogens is 2. The van der Waals surface area contributed by atoms with Crippen LogP contribution in [0.1, 0.15) is 12.5 Å². The van der Waals surface area contributed by atoms with Crippen molar-refractivity contribution in [2.24, 2.45) is 0 Å². The van der Waals surface area contributed by atoms with E-state index >= 15 is 0 Å². The Morgan fingerprint density at radius 1 is 1.15 bits per heavy atom. The quantitative estimate of drug-likeness (QED) is 0.513. The maximum Gasteiger partial charge on any atom is 0.419 e. The Morgan fingerprint density at radius 3 is 2.56 bits per heavy atom. The van der Waals surface area contributed by atoms with Crippen LogP contribution in [0.5, 0.6) is 0 Å². The Bertz CT molecular complexity index is 1070. The molecule has 142 valence electrons. The first-order valence-corrected chi connectivity index (χ1v) is 7.95. The van der Waals surface area contributed by atoms with E-state index in [0.717, 1.165) is 4.57 Å². The van der Waals surface area contributed by atoms with Gasteiger partial charge < -0.3 is 13.7 Å². The molecule has 0 bridgehead atoms. The van der Waals surface area contributed by atoms with Gasteiger partial charge in [-0.25, -0.2) is 4.39 Å². The average Bonchev–Trinajstić information content (AvgIpc) is 3.02. The summed E-state index contributed by atoms with van der Waals surface area (Å²) in [6.07, 6.45) is -0.493. The molecular weight excluding hydrogens is 368 g/mol. The molecule has 0 atom stereocenters. The number of fused-ring (bicyclic) bond motifs is 1. The van der Waals surface area contributed by atoms with Gasteiger partial charge >= 0.3 is 12.1 Å². The largest absolute Gasteiger partial charge is 0.465 e. The van der Waals surface area contributed by atoms with E-state index in [0.29, 0.717) is 12.1 Å². The third kappa shape index (κ3) is 3.57. The third-order valence-corrected chi connectivity index (χ3v) is 3.97. The molecule has 3 rings (SSSR count). The van der Waals surface area contributed by atoms with Crippen LogP contribution in [-0.2, 0) is 22.3 Å². The van der Waals surface area contributed by atoms with Crippen molar-refractivity contribution in [3.8, 4) is 11.1 Å². The highest BCUT2D eigenvalue weighted by Gasteiger charge is 2.34. The number of esters is 1. The number of hydrogen-bond donors (Lipinski definition) is 0. The third-order valence-electron chi connectivity index (χ3n) is 3.97. The molecule has 27 heavy (non-hydrogen) atoms. The minimum Gasteiger partial charge on any atom is -0.465 e. The van der Waals surface area contributed by atoms with Crippen molar-refractivity contribution in [1.82, 2.24) is 8.97 Å². The zero-order valence-electron chi connectivity index (χ0n) is 14.1. The molecule has 3 aromatic rings. The van der Waals surface area contributed by atoms with Crippen LogP contribution in [-0.4, -0.2) is 21.5 Å². The number of alkyl halides is 3. The van der Waals surface area contributed by atoms with Crippen LogP contribution in [0.25, 0.3) is 16.6 Å². The minimum absolute atomic E-state index is 0.0391. The molecule has 0 fully saturated rings. The van der Waals surface area contributed by atoms with E-state index in [1.165, 1.54) is 35.1 Å². The summed E-state index contributed by atoms with van der Waals surface area (Å²) in [5, 5.41) is 0. The summed E-state index contributed by atoms with van der Waals surface area (Å²) < 4.78 is 59.8. The number of carbonyl (C=O) groups excluding carboxylic acids is 1. The molecule has 9 heteroatoms. The van der Waals surface area contributed by atoms with Gasteiger partial charge in [0.05, 0.1) is 12.2 Å². The molecule has 0 amide bonds. The van der Waals surface area contributed by atoms with Gasteiger partial charge in [0.25, 0.3) is 5.56 Å². The highest BCUT2D eigenvalue weighted by atomic mass is 19.4. The normalized spacial score (nSPS) is 11.7. The van der Waals surface area contributed by atoms with Crippen LogP contribution in [0.15, 0.2) is 47.7 Å². The standard InChI is InChI=1S/C18H14F4N2O3/c1-2-27-15(25)10-24-8-7-23-6-5-12(16(23)17(24)26)11-3-4-14(19)13(9-11)18(20,21)22/h3-9H,2,10H2,1H3. The molecule has 0 aliphatic heterocycles. The maximum atomic E-state index is 13.5. The second kappa shape index (κ2) is 6.90. The van der Waals surface area contributed by atoms with Crippen LogP contribution in [0.2, 0.25) is 0 Å². The lowest BCUT2D eigenvalue weighted by Gasteiger charge is -2.10. The SMILES string of the molecule is CCOC(=O)Cn1ccn2ccc(-c3ccc(F)c(C(F)(F)F)c3)c2c1=O. The van der Waals surface area contributed by atoms with Crippen LogP contribution in [0.3, 0.4) is 0 Å². The summed E-state index contributed by atoms with van der Waals surface area (Å²) in [6, 6.07) is 4.00. The Balaban J connectivity index is 2.14. The number of carbonyl (C=O) groups is 1. The number of benzene rings is 1. The highest BCUT2D eigenvalue weighted by Crippen LogP contribution is 2.35. The lowest BCUT2D eigenvalue weighted by atomic mass is 10.0. The molecule has 0 spiro atoms. The number of hydrogen-bond acceptors (Lipinski definition) is 3. The van der Waals surface area contributed by atoms with Gasteiger partial charge in [-0.3, -0.25) is 9.59 Å². The summed E-state index contributed by atoms with van der Waals surface area (Å²) in [7, 11) is 0. The van der Waals surface area contributed by atoms with Gasteiger partial charge in [0.2, 0.25) is 0 Å². The van der Waals surface area contributed by atoms with E-state index in [2.05, 4.69) is 0 Å². The first kappa shape index (κ1) is 18.7. The van der Waals surface area contributed by atoms with E-state index in [1.54, 1.807) is 6.92 Å². The molecule has 2 heterocycles. The topological polar surface area (TPSA) is 52.7 Å². The molecule has 2 aromatic heterocycles. The lowest BCUT2D eigenvalue weighted by Crippen LogP contribution is -2.26. The van der Waals surface area contributed by atoms with E-state index < -0.39 is 29.1 Å². The molecule has 0 radical (unpaired) electrons. The first-order chi connectivity index (χ1) is 12.7. The number of rotatable bonds is 4. The lowest BCUT2D eigenvalue weighted by molar-refractivity contribution is -0.144. The molecule has 0 saturated carbocycles. The molecule has 1 aromatic carbocycles. The van der Waals surface area contributed by atoms with Crippen molar-refractivity contribution in [3.05, 3.63) is 64.6 Å². The summed E-state index contributed by atoms with van der Waals surface area (Å²) in [4.78, 5) is 24.3. The van der Waals surface area contributed by atoms with Gasteiger partial charge in [0, 0.05) is 24.2 Å². The van der Waals surface area contributed by atoms with Crippen LogP contribution >= 0.6 is 0 Å². The predicted molar refractivity (Wildman–Crippen MR) is 88.7 cm³/mol. The van der Waals surface area contributed by atoms with Crippen LogP contribution < -0.4 is 5.56 Å². The fraction of sp³-hybridized carbons (Fsp3) is 0.222. The van der Waals surface area contributed by atoms with E-state index in [1.807, 2.05) is 0 Å². The van der Waals surface area contributed by atoms with Crippen molar-refractivity contribution in [1.29, 1.82) is 0 Å². The molecule has 0 N–H and O–H groups in total. The van der Waals surface area contributed by atoms with Gasteiger partial charge in [-0.2, -0.15) is 13.2 Å². The van der Waals surface area contributed by atoms with Crippen molar-refractivity contribution in [2.75, 3.05) is 6.61 Å². The summed E-state index contributed by atoms with van der Waals surface area (Å²) in [5.74, 6) is -2.01. The van der Waals surface area contributed by atoms with Crippen LogP contribution in [0.4, 0.5) is 17.6 Å². The van der Waals surface area contributed by atoms with Gasteiger partial charge in [0.15, 0.2) is 0 Å². The van der Waals surface area contributed by atoms with E-state index in [-0.39, 0.29) is 29.8 Å². The Kier molecular flexibility index (Phi) is 4.77. The zero-order chi connectivity index (χ0) is 19.8. The van der Waals surface area contributed by atoms with Crippen molar-refractivity contribution < 1.29 is 27.1 Å². The van der Waals surface area contributed by atoms with Crippen LogP contribution in [0, 0.1) is 5.82 Å². The second-order valence-corrected chi connectivity index (χ2v) is 5.71. The maximum absolute atomic E-state index is 13.5. The fourth-order valence-electron chi connectivity index (χ4n) is 2.77. The summed E-state index contributed by atoms with van der Waals surface area (Å²) in [5.41, 5.74) is -1.69. The highest BCUT2D eigenvalue weighted by molar-refractivity contribution is 5.81. The molecule has 5 nitrogen and oxygen atoms in total. The van der Waals surface area contributed by atoms with Crippen molar-refractivity contribution in [3.63, 3.8) is 0 Å². The average molecular weight is 382 g/mol. The van der Waals surface area contributed by atoms with Crippen molar-refractivity contribution >= 4 is 11.5 Å². The Morgan fingerprint density at radius 2 is 1.89 bits per heavy atom. The van der Waals surface area contributed by atoms with E-state index in [4.69, 9.17) is 4.74 Å². The van der Waals surface area contributed by atoms with Crippen molar-refractivity contribution in [2.45, 2.75) is 19.6 Å². The summed E-state index contributed by atoms with van der Waals surface area (Å²) in [6.45, 7) is 1.45. The molecule has 0 saturated heterocycles. The number of nitrogens with zero attached hydrogens (tertiary/aromatic N) is 2. The second-order valence-electron chi connectivity index (χ2n) is 5.71. The first-order valence-electron chi connectivity index (χ1n) is 7.95. The minimum atomic E-state index is -4.86. The zero-order valence-corrected chi connectivity index (χ0v) is 14.1. The van der Waals surface area contributed by atoms with Gasteiger partial charge in [-0.05, 0) is 30.7 Å². The Labute approximate surface area is 150 Å². The molecule has 0 unspecified atom stereocenters.